The topological polar surface area (TPSA) is 72.2 Å². The van der Waals surface area contributed by atoms with Gasteiger partial charge in [-0.05, 0) is 45.0 Å². The summed E-state index contributed by atoms with van der Waals surface area (Å²) in [6.07, 6.45) is 4.52. The molecular formula is C24H29N5O2. The summed E-state index contributed by atoms with van der Waals surface area (Å²) in [5.41, 5.74) is 3.34. The number of pyridine rings is 1. The lowest BCUT2D eigenvalue weighted by Crippen LogP contribution is -2.28. The number of hydrogen-bond donors (Lipinski definition) is 1. The fraction of sp³-hybridized carbons (Fsp3) is 0.375. The minimum absolute atomic E-state index is 0.204. The van der Waals surface area contributed by atoms with Gasteiger partial charge in [0.1, 0.15) is 0 Å². The summed E-state index contributed by atoms with van der Waals surface area (Å²) < 4.78 is 3.45. The van der Waals surface area contributed by atoms with E-state index in [1.165, 1.54) is 10.6 Å². The predicted octanol–water partition coefficient (Wildman–Crippen LogP) is 2.70. The summed E-state index contributed by atoms with van der Waals surface area (Å²) in [6, 6.07) is 13.6. The quantitative estimate of drug-likeness (QED) is 0.667. The van der Waals surface area contributed by atoms with Gasteiger partial charge in [0.25, 0.3) is 11.5 Å². The Morgan fingerprint density at radius 1 is 1.23 bits per heavy atom. The van der Waals surface area contributed by atoms with E-state index < -0.39 is 0 Å². The number of nitrogens with zero attached hydrogens (tertiary/aromatic N) is 4. The third-order valence-electron chi connectivity index (χ3n) is 6.03. The smallest absolute Gasteiger partial charge is 0.251 e. The Bertz CT molecular complexity index is 1120. The average molecular weight is 420 g/mol. The van der Waals surface area contributed by atoms with Crippen LogP contribution in [0.1, 0.15) is 47.8 Å². The van der Waals surface area contributed by atoms with Gasteiger partial charge in [-0.3, -0.25) is 9.59 Å². The molecule has 7 nitrogen and oxygen atoms in total. The molecule has 1 unspecified atom stereocenters. The van der Waals surface area contributed by atoms with Crippen LogP contribution in [0.3, 0.4) is 0 Å². The second kappa shape index (κ2) is 8.89. The van der Waals surface area contributed by atoms with Crippen molar-refractivity contribution in [2.75, 3.05) is 13.1 Å². The Kier molecular flexibility index (Phi) is 6.04. The van der Waals surface area contributed by atoms with Crippen LogP contribution in [0.25, 0.3) is 5.69 Å². The third kappa shape index (κ3) is 4.46. The van der Waals surface area contributed by atoms with Crippen molar-refractivity contribution in [1.29, 1.82) is 0 Å². The molecule has 0 saturated carbocycles. The lowest BCUT2D eigenvalue weighted by molar-refractivity contribution is 0.0950. The van der Waals surface area contributed by atoms with Gasteiger partial charge in [0, 0.05) is 55.5 Å². The number of carbonyl (C=O) groups is 1. The fourth-order valence-electron chi connectivity index (χ4n) is 4.18. The molecule has 1 aliphatic heterocycles. The lowest BCUT2D eigenvalue weighted by atomic mass is 10.00. The van der Waals surface area contributed by atoms with Crippen molar-refractivity contribution < 1.29 is 4.79 Å². The number of hydrogen-bond acceptors (Lipinski definition) is 4. The van der Waals surface area contributed by atoms with E-state index in [1.807, 2.05) is 41.2 Å². The minimum atomic E-state index is -0.258. The Balaban J connectivity index is 1.60. The van der Waals surface area contributed by atoms with Crippen molar-refractivity contribution in [1.82, 2.24) is 24.6 Å². The predicted molar refractivity (Wildman–Crippen MR) is 120 cm³/mol. The molecule has 31 heavy (non-hydrogen) atoms. The number of aryl methyl sites for hydroxylation is 1. The number of nitrogens with one attached hydrogen (secondary N) is 1. The van der Waals surface area contributed by atoms with Gasteiger partial charge in [-0.1, -0.05) is 18.2 Å². The maximum atomic E-state index is 12.6. The number of amides is 1. The highest BCUT2D eigenvalue weighted by Gasteiger charge is 2.30. The largest absolute Gasteiger partial charge is 0.348 e. The van der Waals surface area contributed by atoms with E-state index in [9.17, 15) is 9.59 Å². The van der Waals surface area contributed by atoms with E-state index in [0.29, 0.717) is 24.1 Å². The zero-order valence-corrected chi connectivity index (χ0v) is 18.3. The second-order valence-electron chi connectivity index (χ2n) is 8.42. The van der Waals surface area contributed by atoms with E-state index in [0.717, 1.165) is 36.5 Å². The summed E-state index contributed by atoms with van der Waals surface area (Å²) in [6.45, 7) is 6.85. The standard InChI is InChI=1S/C24H29N5O2/c1-17(2)28-12-10-19(16-28)23-20(15-26-29(23)21-7-5-4-6-8-21)14-25-24(31)18-9-11-27(3)22(30)13-18/h4-9,11,13,15,17,19H,10,12,14,16H2,1-3H3,(H,25,31). The van der Waals surface area contributed by atoms with E-state index in [4.69, 9.17) is 0 Å². The molecule has 162 valence electrons. The molecule has 3 heterocycles. The molecule has 1 aromatic carbocycles. The molecule has 3 aromatic rings. The van der Waals surface area contributed by atoms with Crippen LogP contribution in [0.4, 0.5) is 0 Å². The van der Waals surface area contributed by atoms with Gasteiger partial charge in [0.2, 0.25) is 0 Å². The fourth-order valence-corrected chi connectivity index (χ4v) is 4.18. The number of rotatable bonds is 6. The molecule has 0 spiro atoms. The van der Waals surface area contributed by atoms with Crippen molar-refractivity contribution in [2.24, 2.45) is 7.05 Å². The molecule has 7 heteroatoms. The molecule has 1 N–H and O–H groups in total. The number of para-hydroxylation sites is 1. The normalized spacial score (nSPS) is 16.7. The van der Waals surface area contributed by atoms with Crippen LogP contribution in [0.5, 0.6) is 0 Å². The van der Waals surface area contributed by atoms with Gasteiger partial charge in [-0.2, -0.15) is 5.10 Å². The first-order valence-corrected chi connectivity index (χ1v) is 10.7. The lowest BCUT2D eigenvalue weighted by Gasteiger charge is -2.21. The summed E-state index contributed by atoms with van der Waals surface area (Å²) in [5.74, 6) is 0.0902. The summed E-state index contributed by atoms with van der Waals surface area (Å²) >= 11 is 0. The van der Waals surface area contributed by atoms with Gasteiger partial charge in [0.05, 0.1) is 17.6 Å². The maximum absolute atomic E-state index is 12.6. The average Bonchev–Trinajstić information content (AvgIpc) is 3.41. The zero-order chi connectivity index (χ0) is 22.0. The van der Waals surface area contributed by atoms with Gasteiger partial charge in [-0.15, -0.1) is 0 Å². The summed E-state index contributed by atoms with van der Waals surface area (Å²) in [5, 5.41) is 7.64. The summed E-state index contributed by atoms with van der Waals surface area (Å²) in [4.78, 5) is 27.0. The van der Waals surface area contributed by atoms with E-state index in [-0.39, 0.29) is 11.5 Å². The van der Waals surface area contributed by atoms with Gasteiger partial charge < -0.3 is 14.8 Å². The molecule has 2 aromatic heterocycles. The van der Waals surface area contributed by atoms with Crippen molar-refractivity contribution >= 4 is 5.91 Å². The Morgan fingerprint density at radius 2 is 2.00 bits per heavy atom. The van der Waals surface area contributed by atoms with Crippen molar-refractivity contribution in [2.45, 2.75) is 38.8 Å². The molecule has 1 saturated heterocycles. The first-order valence-electron chi connectivity index (χ1n) is 10.7. The van der Waals surface area contributed by atoms with E-state index >= 15 is 0 Å². The van der Waals surface area contributed by atoms with E-state index in [1.54, 1.807) is 19.3 Å². The summed E-state index contributed by atoms with van der Waals surface area (Å²) in [7, 11) is 1.66. The molecule has 1 aliphatic rings. The van der Waals surface area contributed by atoms with Crippen LogP contribution in [0.15, 0.2) is 59.7 Å². The van der Waals surface area contributed by atoms with Crippen molar-refractivity contribution in [3.05, 3.63) is 82.0 Å². The number of likely N-dealkylation sites (tertiary alicyclic amines) is 1. The third-order valence-corrected chi connectivity index (χ3v) is 6.03. The highest BCUT2D eigenvalue weighted by atomic mass is 16.2. The highest BCUT2D eigenvalue weighted by Crippen LogP contribution is 2.32. The van der Waals surface area contributed by atoms with Crippen molar-refractivity contribution in [3.8, 4) is 5.69 Å². The first kappa shape index (κ1) is 21.1. The second-order valence-corrected chi connectivity index (χ2v) is 8.42. The monoisotopic (exact) mass is 419 g/mol. The van der Waals surface area contributed by atoms with Gasteiger partial charge in [0.15, 0.2) is 0 Å². The number of benzene rings is 1. The molecule has 4 rings (SSSR count). The molecule has 0 radical (unpaired) electrons. The molecule has 1 amide bonds. The Morgan fingerprint density at radius 3 is 2.68 bits per heavy atom. The zero-order valence-electron chi connectivity index (χ0n) is 18.3. The number of carbonyl (C=O) groups excluding carboxylic acids is 1. The van der Waals surface area contributed by atoms with Crippen LogP contribution in [-0.4, -0.2) is 44.3 Å². The van der Waals surface area contributed by atoms with E-state index in [2.05, 4.69) is 29.2 Å². The molecule has 0 bridgehead atoms. The maximum Gasteiger partial charge on any atom is 0.251 e. The van der Waals surface area contributed by atoms with Gasteiger partial charge >= 0.3 is 0 Å². The number of aromatic nitrogens is 3. The minimum Gasteiger partial charge on any atom is -0.348 e. The van der Waals surface area contributed by atoms with Crippen LogP contribution >= 0.6 is 0 Å². The van der Waals surface area contributed by atoms with Crippen LogP contribution in [0.2, 0.25) is 0 Å². The van der Waals surface area contributed by atoms with Crippen LogP contribution in [-0.2, 0) is 13.6 Å². The molecule has 1 fully saturated rings. The molecular weight excluding hydrogens is 390 g/mol. The van der Waals surface area contributed by atoms with Crippen molar-refractivity contribution in [3.63, 3.8) is 0 Å². The Hall–Kier alpha value is -3.19. The van der Waals surface area contributed by atoms with Gasteiger partial charge in [-0.25, -0.2) is 4.68 Å². The Labute approximate surface area is 182 Å². The molecule has 0 aliphatic carbocycles. The van der Waals surface area contributed by atoms with Crippen LogP contribution in [0, 0.1) is 0 Å². The first-order chi connectivity index (χ1) is 14.9. The SMILES string of the molecule is CC(C)N1CCC(c2c(CNC(=O)c3ccn(C)c(=O)c3)cnn2-c2ccccc2)C1. The highest BCUT2D eigenvalue weighted by molar-refractivity contribution is 5.93. The van der Waals surface area contributed by atoms with Crippen LogP contribution < -0.4 is 10.9 Å². The molecule has 1 atom stereocenters.